The summed E-state index contributed by atoms with van der Waals surface area (Å²) in [5.41, 5.74) is 2.98. The predicted octanol–water partition coefficient (Wildman–Crippen LogP) is 2.43. The van der Waals surface area contributed by atoms with Crippen molar-refractivity contribution in [2.75, 3.05) is 6.61 Å². The van der Waals surface area contributed by atoms with Crippen LogP contribution in [0.15, 0.2) is 18.2 Å². The van der Waals surface area contributed by atoms with Crippen LogP contribution in [0.5, 0.6) is 0 Å². The molecule has 100 valence electrons. The molecule has 1 aromatic carbocycles. The molecule has 3 nitrogen and oxygen atoms in total. The minimum absolute atomic E-state index is 0.240. The summed E-state index contributed by atoms with van der Waals surface area (Å²) in [5, 5.41) is 0. The molecule has 0 radical (unpaired) electrons. The largest absolute Gasteiger partial charge is 0.378 e. The minimum atomic E-state index is -0.578. The third-order valence-electron chi connectivity index (χ3n) is 3.34. The van der Waals surface area contributed by atoms with Gasteiger partial charge in [-0.25, -0.2) is 8.78 Å². The van der Waals surface area contributed by atoms with Crippen LogP contribution in [-0.2, 0) is 4.74 Å². The van der Waals surface area contributed by atoms with Gasteiger partial charge in [0.2, 0.25) is 0 Å². The van der Waals surface area contributed by atoms with E-state index in [4.69, 9.17) is 10.6 Å². The van der Waals surface area contributed by atoms with Gasteiger partial charge in [-0.05, 0) is 31.7 Å². The van der Waals surface area contributed by atoms with E-state index in [0.29, 0.717) is 12.0 Å². The van der Waals surface area contributed by atoms with Gasteiger partial charge in [-0.15, -0.1) is 0 Å². The Balaban J connectivity index is 1.98. The maximum Gasteiger partial charge on any atom is 0.130 e. The smallest absolute Gasteiger partial charge is 0.130 e. The SMILES string of the molecule is NNC(CCC1CCCO1)c1ccc(F)cc1F. The predicted molar refractivity (Wildman–Crippen MR) is 64.6 cm³/mol. The lowest BCUT2D eigenvalue weighted by atomic mass is 9.99. The summed E-state index contributed by atoms with van der Waals surface area (Å²) >= 11 is 0. The Morgan fingerprint density at radius 3 is 2.89 bits per heavy atom. The van der Waals surface area contributed by atoms with Crippen LogP contribution in [0.2, 0.25) is 0 Å². The first kappa shape index (κ1) is 13.4. The number of benzene rings is 1. The molecule has 0 bridgehead atoms. The number of nitrogens with one attached hydrogen (secondary N) is 1. The van der Waals surface area contributed by atoms with Crippen LogP contribution in [0.25, 0.3) is 0 Å². The number of ether oxygens (including phenoxy) is 1. The van der Waals surface area contributed by atoms with Gasteiger partial charge in [0.15, 0.2) is 0 Å². The normalized spacial score (nSPS) is 21.2. The van der Waals surface area contributed by atoms with Gasteiger partial charge in [0.05, 0.1) is 6.10 Å². The van der Waals surface area contributed by atoms with Gasteiger partial charge in [0, 0.05) is 24.3 Å². The molecule has 2 unspecified atom stereocenters. The molecule has 2 rings (SSSR count). The van der Waals surface area contributed by atoms with E-state index in [1.165, 1.54) is 12.1 Å². The molecule has 18 heavy (non-hydrogen) atoms. The molecular weight excluding hydrogens is 238 g/mol. The lowest BCUT2D eigenvalue weighted by Gasteiger charge is -2.19. The van der Waals surface area contributed by atoms with E-state index in [-0.39, 0.29) is 12.1 Å². The third-order valence-corrected chi connectivity index (χ3v) is 3.34. The Bertz CT molecular complexity index is 395. The minimum Gasteiger partial charge on any atom is -0.378 e. The molecule has 1 aliphatic heterocycles. The fourth-order valence-electron chi connectivity index (χ4n) is 2.34. The van der Waals surface area contributed by atoms with E-state index >= 15 is 0 Å². The highest BCUT2D eigenvalue weighted by Gasteiger charge is 2.20. The van der Waals surface area contributed by atoms with Crippen molar-refractivity contribution in [1.29, 1.82) is 0 Å². The molecule has 0 aliphatic carbocycles. The summed E-state index contributed by atoms with van der Waals surface area (Å²) in [7, 11) is 0. The van der Waals surface area contributed by atoms with Crippen LogP contribution in [0.1, 0.15) is 37.3 Å². The van der Waals surface area contributed by atoms with Crippen LogP contribution in [-0.4, -0.2) is 12.7 Å². The van der Waals surface area contributed by atoms with Crippen molar-refractivity contribution in [1.82, 2.24) is 5.43 Å². The highest BCUT2D eigenvalue weighted by molar-refractivity contribution is 5.22. The average molecular weight is 256 g/mol. The number of rotatable bonds is 5. The molecule has 0 amide bonds. The molecule has 1 aliphatic rings. The van der Waals surface area contributed by atoms with Crippen molar-refractivity contribution in [3.05, 3.63) is 35.4 Å². The fraction of sp³-hybridized carbons (Fsp3) is 0.538. The second-order valence-electron chi connectivity index (χ2n) is 4.60. The van der Waals surface area contributed by atoms with Gasteiger partial charge in [-0.3, -0.25) is 11.3 Å². The van der Waals surface area contributed by atoms with Gasteiger partial charge in [0.1, 0.15) is 11.6 Å². The highest BCUT2D eigenvalue weighted by Crippen LogP contribution is 2.25. The summed E-state index contributed by atoms with van der Waals surface area (Å²) in [6, 6.07) is 3.25. The van der Waals surface area contributed by atoms with Gasteiger partial charge >= 0.3 is 0 Å². The summed E-state index contributed by atoms with van der Waals surface area (Å²) in [6.07, 6.45) is 3.86. The molecule has 1 heterocycles. The average Bonchev–Trinajstić information content (AvgIpc) is 2.85. The van der Waals surface area contributed by atoms with E-state index in [1.54, 1.807) is 0 Å². The number of hydrogen-bond acceptors (Lipinski definition) is 3. The van der Waals surface area contributed by atoms with E-state index in [1.807, 2.05) is 0 Å². The number of nitrogens with two attached hydrogens (primary N) is 1. The van der Waals surface area contributed by atoms with Crippen LogP contribution >= 0.6 is 0 Å². The third kappa shape index (κ3) is 3.25. The molecule has 1 fully saturated rings. The first-order chi connectivity index (χ1) is 8.70. The second kappa shape index (κ2) is 6.22. The Morgan fingerprint density at radius 2 is 2.28 bits per heavy atom. The molecule has 3 N–H and O–H groups in total. The van der Waals surface area contributed by atoms with Crippen LogP contribution in [0.4, 0.5) is 8.78 Å². The maximum absolute atomic E-state index is 13.6. The molecule has 2 atom stereocenters. The zero-order chi connectivity index (χ0) is 13.0. The number of halogens is 2. The van der Waals surface area contributed by atoms with Gasteiger partial charge in [-0.1, -0.05) is 6.07 Å². The Kier molecular flexibility index (Phi) is 4.63. The molecule has 5 heteroatoms. The van der Waals surface area contributed by atoms with Crippen molar-refractivity contribution < 1.29 is 13.5 Å². The Morgan fingerprint density at radius 1 is 1.44 bits per heavy atom. The van der Waals surface area contributed by atoms with Crippen molar-refractivity contribution in [3.63, 3.8) is 0 Å². The molecular formula is C13H18F2N2O. The molecule has 1 saturated heterocycles. The topological polar surface area (TPSA) is 47.3 Å². The lowest BCUT2D eigenvalue weighted by Crippen LogP contribution is -2.29. The van der Waals surface area contributed by atoms with Crippen LogP contribution in [0, 0.1) is 11.6 Å². The van der Waals surface area contributed by atoms with Crippen molar-refractivity contribution in [2.24, 2.45) is 5.84 Å². The van der Waals surface area contributed by atoms with Gasteiger partial charge < -0.3 is 4.74 Å². The lowest BCUT2D eigenvalue weighted by molar-refractivity contribution is 0.0994. The number of hydrogen-bond donors (Lipinski definition) is 2. The molecule has 0 spiro atoms. The summed E-state index contributed by atoms with van der Waals surface area (Å²) in [5.74, 6) is 4.30. The van der Waals surface area contributed by atoms with Crippen molar-refractivity contribution >= 4 is 0 Å². The first-order valence-electron chi connectivity index (χ1n) is 6.23. The highest BCUT2D eigenvalue weighted by atomic mass is 19.1. The standard InChI is InChI=1S/C13H18F2N2O/c14-9-3-5-11(12(15)8-9)13(17-16)6-4-10-2-1-7-18-10/h3,5,8,10,13,17H,1-2,4,6-7,16H2. The molecule has 1 aromatic rings. The van der Waals surface area contributed by atoms with Crippen LogP contribution in [0.3, 0.4) is 0 Å². The Labute approximate surface area is 105 Å². The van der Waals surface area contributed by atoms with E-state index in [0.717, 1.165) is 31.9 Å². The number of hydrazine groups is 1. The molecule has 0 saturated carbocycles. The first-order valence-corrected chi connectivity index (χ1v) is 6.23. The van der Waals surface area contributed by atoms with Gasteiger partial charge in [0.25, 0.3) is 0 Å². The summed E-state index contributed by atoms with van der Waals surface area (Å²) in [6.45, 7) is 0.802. The van der Waals surface area contributed by atoms with E-state index in [9.17, 15) is 8.78 Å². The molecule has 0 aromatic heterocycles. The Hall–Kier alpha value is -1.04. The fourth-order valence-corrected chi connectivity index (χ4v) is 2.34. The summed E-state index contributed by atoms with van der Waals surface area (Å²) < 4.78 is 32.0. The van der Waals surface area contributed by atoms with Gasteiger partial charge in [-0.2, -0.15) is 0 Å². The van der Waals surface area contributed by atoms with Crippen molar-refractivity contribution in [3.8, 4) is 0 Å². The zero-order valence-electron chi connectivity index (χ0n) is 10.2. The maximum atomic E-state index is 13.6. The van der Waals surface area contributed by atoms with Crippen molar-refractivity contribution in [2.45, 2.75) is 37.8 Å². The monoisotopic (exact) mass is 256 g/mol. The second-order valence-corrected chi connectivity index (χ2v) is 4.60. The van der Waals surface area contributed by atoms with E-state index in [2.05, 4.69) is 5.43 Å². The summed E-state index contributed by atoms with van der Waals surface area (Å²) in [4.78, 5) is 0. The van der Waals surface area contributed by atoms with Crippen LogP contribution < -0.4 is 11.3 Å². The van der Waals surface area contributed by atoms with E-state index < -0.39 is 11.6 Å². The zero-order valence-corrected chi connectivity index (χ0v) is 10.2. The quantitative estimate of drug-likeness (QED) is 0.628.